The maximum Gasteiger partial charge on any atom is 0.410 e. The van der Waals surface area contributed by atoms with Crippen molar-refractivity contribution in [3.8, 4) is 0 Å². The van der Waals surface area contributed by atoms with Gasteiger partial charge >= 0.3 is 12.2 Å². The molecule has 4 aromatic heterocycles. The van der Waals surface area contributed by atoms with E-state index in [1.807, 2.05) is 59.7 Å². The monoisotopic (exact) mass is 779 g/mol. The lowest BCUT2D eigenvalue weighted by Gasteiger charge is -2.30. The quantitative estimate of drug-likeness (QED) is 0.172. The first kappa shape index (κ1) is 36.3. The molecular weight excluding hydrogens is 742 g/mol. The number of nitrogens with zero attached hydrogens (tertiary/aromatic N) is 6. The minimum atomic E-state index is -0.515. The van der Waals surface area contributed by atoms with Gasteiger partial charge in [0, 0.05) is 39.8 Å². The molecular formula is C36H38ClN7O5S3. The fourth-order valence-corrected chi connectivity index (χ4v) is 9.84. The van der Waals surface area contributed by atoms with E-state index in [0.29, 0.717) is 37.8 Å². The van der Waals surface area contributed by atoms with Crippen molar-refractivity contribution in [2.24, 2.45) is 0 Å². The molecule has 5 aromatic rings. The van der Waals surface area contributed by atoms with Crippen molar-refractivity contribution in [3.05, 3.63) is 62.5 Å². The molecule has 272 valence electrons. The van der Waals surface area contributed by atoms with Crippen LogP contribution in [0.3, 0.4) is 0 Å². The van der Waals surface area contributed by atoms with Gasteiger partial charge < -0.3 is 24.6 Å². The van der Waals surface area contributed by atoms with Crippen LogP contribution in [0.5, 0.6) is 0 Å². The summed E-state index contributed by atoms with van der Waals surface area (Å²) in [6.45, 7) is 13.5. The SMILES string of the molecule is CC(C)(C)OC(=O)N1CCc2c(sc3ncnc(Cl)c23)C1.CC(C)(C)OC(=O)N1CCc2c(sc3ncnc(Nc4ccc5c(c4)SC(=O)C5)c23)C1. The van der Waals surface area contributed by atoms with E-state index in [1.54, 1.807) is 38.8 Å². The molecule has 52 heavy (non-hydrogen) atoms. The number of hydrogen-bond donors (Lipinski definition) is 1. The highest BCUT2D eigenvalue weighted by atomic mass is 35.5. The van der Waals surface area contributed by atoms with E-state index < -0.39 is 11.2 Å². The van der Waals surface area contributed by atoms with E-state index in [1.165, 1.54) is 29.2 Å². The Kier molecular flexibility index (Phi) is 9.82. The van der Waals surface area contributed by atoms with Gasteiger partial charge in [-0.25, -0.2) is 29.5 Å². The number of halogens is 1. The van der Waals surface area contributed by atoms with Gasteiger partial charge in [0.05, 0.1) is 23.9 Å². The Morgan fingerprint density at radius 2 is 1.37 bits per heavy atom. The van der Waals surface area contributed by atoms with Crippen molar-refractivity contribution in [2.75, 3.05) is 18.4 Å². The van der Waals surface area contributed by atoms with Crippen LogP contribution in [0, 0.1) is 0 Å². The molecule has 1 aromatic carbocycles. The molecule has 0 fully saturated rings. The number of hydrogen-bond acceptors (Lipinski definition) is 13. The highest BCUT2D eigenvalue weighted by Crippen LogP contribution is 2.40. The largest absolute Gasteiger partial charge is 0.444 e. The highest BCUT2D eigenvalue weighted by molar-refractivity contribution is 8.14. The molecule has 0 saturated heterocycles. The van der Waals surface area contributed by atoms with E-state index in [4.69, 9.17) is 21.1 Å². The number of ether oxygens (including phenoxy) is 2. The molecule has 12 nitrogen and oxygen atoms in total. The minimum absolute atomic E-state index is 0.179. The summed E-state index contributed by atoms with van der Waals surface area (Å²) < 4.78 is 11.0. The van der Waals surface area contributed by atoms with Gasteiger partial charge in [-0.05, 0) is 83.2 Å². The minimum Gasteiger partial charge on any atom is -0.444 e. The number of aromatic nitrogens is 4. The number of rotatable bonds is 2. The zero-order chi connectivity index (χ0) is 36.9. The molecule has 0 bridgehead atoms. The summed E-state index contributed by atoms with van der Waals surface area (Å²) in [6, 6.07) is 5.98. The fourth-order valence-electron chi connectivity index (χ4n) is 6.20. The van der Waals surface area contributed by atoms with E-state index in [0.717, 1.165) is 65.0 Å². The molecule has 3 aliphatic rings. The van der Waals surface area contributed by atoms with Crippen LogP contribution in [0.1, 0.15) is 68.0 Å². The number of thiophene rings is 2. The van der Waals surface area contributed by atoms with E-state index in [-0.39, 0.29) is 17.3 Å². The zero-order valence-electron chi connectivity index (χ0n) is 29.7. The second-order valence-corrected chi connectivity index (χ2v) is 18.3. The number of nitrogens with one attached hydrogen (secondary N) is 1. The van der Waals surface area contributed by atoms with Gasteiger partial charge in [0.1, 0.15) is 44.5 Å². The lowest BCUT2D eigenvalue weighted by atomic mass is 10.1. The predicted octanol–water partition coefficient (Wildman–Crippen LogP) is 8.54. The zero-order valence-corrected chi connectivity index (χ0v) is 32.9. The van der Waals surface area contributed by atoms with Crippen LogP contribution in [0.15, 0.2) is 35.7 Å². The van der Waals surface area contributed by atoms with Crippen LogP contribution in [0.25, 0.3) is 20.4 Å². The maximum atomic E-state index is 12.5. The van der Waals surface area contributed by atoms with Crippen LogP contribution in [0.2, 0.25) is 5.15 Å². The van der Waals surface area contributed by atoms with Gasteiger partial charge in [0.25, 0.3) is 0 Å². The van der Waals surface area contributed by atoms with Gasteiger partial charge in [-0.3, -0.25) is 4.79 Å². The molecule has 0 spiro atoms. The normalized spacial score (nSPS) is 15.5. The fraction of sp³-hybridized carbons (Fsp3) is 0.417. The Morgan fingerprint density at radius 1 is 0.808 bits per heavy atom. The summed E-state index contributed by atoms with van der Waals surface area (Å²) in [5.41, 5.74) is 3.33. The standard InChI is InChI=1S/C22H22N4O3S2.C14H16ClN3O2S/c1-22(2,3)29-21(28)26-7-6-14-16(10-26)31-20-18(14)19(23-11-24-20)25-13-5-4-12-8-17(27)30-15(12)9-13;1-14(2,3)20-13(19)18-5-4-8-9(6-18)21-12-10(8)11(15)16-7-17-12/h4-5,9,11H,6-8,10H2,1-3H3,(H,23,24,25);7H,4-6H2,1-3H3. The van der Waals surface area contributed by atoms with Crippen LogP contribution >= 0.6 is 46.0 Å². The third-order valence-electron chi connectivity index (χ3n) is 8.42. The molecule has 0 saturated carbocycles. The van der Waals surface area contributed by atoms with Gasteiger partial charge in [0.2, 0.25) is 0 Å². The smallest absolute Gasteiger partial charge is 0.410 e. The average molecular weight is 780 g/mol. The molecule has 3 aliphatic heterocycles. The van der Waals surface area contributed by atoms with Crippen molar-refractivity contribution >= 4 is 95.3 Å². The summed E-state index contributed by atoms with van der Waals surface area (Å²) in [4.78, 5) is 62.1. The van der Waals surface area contributed by atoms with Crippen molar-refractivity contribution in [2.45, 2.75) is 90.0 Å². The molecule has 16 heteroatoms. The van der Waals surface area contributed by atoms with Gasteiger partial charge in [-0.1, -0.05) is 29.4 Å². The number of carbonyl (C=O) groups excluding carboxylic acids is 3. The second-order valence-electron chi connectivity index (χ2n) is 14.7. The first-order valence-corrected chi connectivity index (χ1v) is 19.7. The van der Waals surface area contributed by atoms with Crippen molar-refractivity contribution in [1.82, 2.24) is 29.7 Å². The first-order valence-electron chi connectivity index (χ1n) is 16.8. The van der Waals surface area contributed by atoms with Gasteiger partial charge in [-0.2, -0.15) is 0 Å². The van der Waals surface area contributed by atoms with Crippen LogP contribution in [-0.2, 0) is 46.6 Å². The van der Waals surface area contributed by atoms with E-state index in [9.17, 15) is 14.4 Å². The van der Waals surface area contributed by atoms with Gasteiger partial charge in [0.15, 0.2) is 5.12 Å². The number of thioether (sulfide) groups is 1. The molecule has 0 radical (unpaired) electrons. The van der Waals surface area contributed by atoms with E-state index >= 15 is 0 Å². The molecule has 1 N–H and O–H groups in total. The predicted molar refractivity (Wildman–Crippen MR) is 205 cm³/mol. The highest BCUT2D eigenvalue weighted by Gasteiger charge is 2.31. The van der Waals surface area contributed by atoms with Crippen LogP contribution in [-0.4, -0.2) is 71.3 Å². The van der Waals surface area contributed by atoms with Crippen molar-refractivity contribution in [3.63, 3.8) is 0 Å². The summed E-state index contributed by atoms with van der Waals surface area (Å²) in [5, 5.41) is 6.03. The van der Waals surface area contributed by atoms with Crippen LogP contribution < -0.4 is 5.32 Å². The topological polar surface area (TPSA) is 140 Å². The Balaban J connectivity index is 0.000000175. The Morgan fingerprint density at radius 3 is 1.96 bits per heavy atom. The lowest BCUT2D eigenvalue weighted by Crippen LogP contribution is -2.39. The molecule has 0 unspecified atom stereocenters. The Labute approximate surface area is 318 Å². The summed E-state index contributed by atoms with van der Waals surface area (Å²) in [6.07, 6.45) is 4.44. The third kappa shape index (κ3) is 7.82. The number of anilines is 2. The molecule has 8 rings (SSSR count). The summed E-state index contributed by atoms with van der Waals surface area (Å²) in [5.74, 6) is 0.752. The number of amides is 2. The third-order valence-corrected chi connectivity index (χ3v) is 11.9. The molecule has 0 aliphatic carbocycles. The van der Waals surface area contributed by atoms with Crippen LogP contribution in [0.4, 0.5) is 21.1 Å². The molecule has 7 heterocycles. The Hall–Kier alpha value is -4.05. The lowest BCUT2D eigenvalue weighted by molar-refractivity contribution is -0.110. The van der Waals surface area contributed by atoms with E-state index in [2.05, 4.69) is 25.3 Å². The number of carbonyl (C=O) groups is 3. The first-order chi connectivity index (χ1) is 24.6. The van der Waals surface area contributed by atoms with Gasteiger partial charge in [-0.15, -0.1) is 22.7 Å². The maximum absolute atomic E-state index is 12.5. The van der Waals surface area contributed by atoms with Crippen molar-refractivity contribution in [1.29, 1.82) is 0 Å². The Bertz CT molecular complexity index is 2230. The second kappa shape index (κ2) is 14.1. The average Bonchev–Trinajstić information content (AvgIpc) is 3.75. The number of fused-ring (bicyclic) bond motifs is 7. The summed E-state index contributed by atoms with van der Waals surface area (Å²) >= 11 is 10.6. The summed E-state index contributed by atoms with van der Waals surface area (Å²) in [7, 11) is 0. The molecule has 0 atom stereocenters. The molecule has 2 amide bonds. The number of benzene rings is 1. The van der Waals surface area contributed by atoms with Crippen molar-refractivity contribution < 1.29 is 23.9 Å².